The summed E-state index contributed by atoms with van der Waals surface area (Å²) in [6, 6.07) is 7.67. The number of aromatic nitrogens is 2. The van der Waals surface area contributed by atoms with Gasteiger partial charge in [0.25, 0.3) is 0 Å². The number of carbonyl (C=O) groups is 1. The second kappa shape index (κ2) is 7.57. The van der Waals surface area contributed by atoms with Gasteiger partial charge in [-0.15, -0.1) is 0 Å². The summed E-state index contributed by atoms with van der Waals surface area (Å²) in [5, 5.41) is 8.12. The van der Waals surface area contributed by atoms with Crippen molar-refractivity contribution in [1.29, 1.82) is 0 Å². The molecule has 0 spiro atoms. The van der Waals surface area contributed by atoms with E-state index in [9.17, 15) is 4.79 Å². The number of anilines is 1. The first kappa shape index (κ1) is 17.3. The van der Waals surface area contributed by atoms with E-state index in [4.69, 9.17) is 11.6 Å². The third-order valence-electron chi connectivity index (χ3n) is 4.07. The highest BCUT2D eigenvalue weighted by Crippen LogP contribution is 2.16. The monoisotopic (exact) mass is 360 g/mol. The van der Waals surface area contributed by atoms with E-state index in [1.54, 1.807) is 22.8 Å². The molecule has 0 radical (unpaired) electrons. The van der Waals surface area contributed by atoms with Crippen molar-refractivity contribution in [3.05, 3.63) is 47.2 Å². The van der Waals surface area contributed by atoms with Crippen molar-refractivity contribution in [2.45, 2.75) is 6.54 Å². The summed E-state index contributed by atoms with van der Waals surface area (Å²) in [5.41, 5.74) is 1.89. The molecule has 3 rings (SSSR count). The summed E-state index contributed by atoms with van der Waals surface area (Å²) in [6.45, 7) is 2.19. The number of amides is 1. The number of rotatable bonds is 3. The van der Waals surface area contributed by atoms with Crippen molar-refractivity contribution in [2.75, 3.05) is 31.6 Å². The van der Waals surface area contributed by atoms with Crippen LogP contribution < -0.4 is 10.2 Å². The smallest absolute Gasteiger partial charge is 0.246 e. The Bertz CT molecular complexity index is 787. The molecular formula is C17H21ClN6O. The Hall–Kier alpha value is -2.54. The highest BCUT2D eigenvalue weighted by molar-refractivity contribution is 6.30. The molecule has 1 aromatic heterocycles. The van der Waals surface area contributed by atoms with Crippen LogP contribution >= 0.6 is 11.6 Å². The average Bonchev–Trinajstić information content (AvgIpc) is 3.02. The van der Waals surface area contributed by atoms with Crippen LogP contribution in [0.3, 0.4) is 0 Å². The maximum atomic E-state index is 12.5. The SMILES string of the molecule is CN=C(NCc1cccc(Cl)c1)N1CCN(c2cnn(C)c2)C(=O)C1. The first-order chi connectivity index (χ1) is 12.1. The van der Waals surface area contributed by atoms with E-state index in [2.05, 4.69) is 15.4 Å². The molecule has 1 amide bonds. The quantitative estimate of drug-likeness (QED) is 0.665. The van der Waals surface area contributed by atoms with Crippen molar-refractivity contribution in [3.8, 4) is 0 Å². The first-order valence-electron chi connectivity index (χ1n) is 8.06. The normalized spacial score (nSPS) is 15.6. The van der Waals surface area contributed by atoms with Gasteiger partial charge in [-0.05, 0) is 17.7 Å². The minimum Gasteiger partial charge on any atom is -0.352 e. The number of guanidine groups is 1. The predicted octanol–water partition coefficient (Wildman–Crippen LogP) is 1.50. The molecule has 1 saturated heterocycles. The lowest BCUT2D eigenvalue weighted by Gasteiger charge is -2.35. The molecule has 7 nitrogen and oxygen atoms in total. The third-order valence-corrected chi connectivity index (χ3v) is 4.31. The Morgan fingerprint density at radius 2 is 2.24 bits per heavy atom. The van der Waals surface area contributed by atoms with Gasteiger partial charge in [0.15, 0.2) is 5.96 Å². The van der Waals surface area contributed by atoms with Gasteiger partial charge in [-0.3, -0.25) is 14.5 Å². The van der Waals surface area contributed by atoms with Gasteiger partial charge in [-0.25, -0.2) is 0 Å². The molecule has 25 heavy (non-hydrogen) atoms. The van der Waals surface area contributed by atoms with E-state index in [0.717, 1.165) is 11.3 Å². The number of nitrogens with one attached hydrogen (secondary N) is 1. The molecule has 2 aromatic rings. The van der Waals surface area contributed by atoms with Crippen LogP contribution in [0.4, 0.5) is 5.69 Å². The van der Waals surface area contributed by atoms with Crippen LogP contribution in [-0.4, -0.2) is 53.2 Å². The Morgan fingerprint density at radius 3 is 2.88 bits per heavy atom. The summed E-state index contributed by atoms with van der Waals surface area (Å²) in [4.78, 5) is 20.5. The minimum absolute atomic E-state index is 0.0324. The summed E-state index contributed by atoms with van der Waals surface area (Å²) in [7, 11) is 3.56. The van der Waals surface area contributed by atoms with Crippen molar-refractivity contribution in [2.24, 2.45) is 12.0 Å². The number of carbonyl (C=O) groups excluding carboxylic acids is 1. The van der Waals surface area contributed by atoms with Gasteiger partial charge in [0.05, 0.1) is 11.9 Å². The molecular weight excluding hydrogens is 340 g/mol. The van der Waals surface area contributed by atoms with E-state index in [1.807, 2.05) is 42.4 Å². The maximum Gasteiger partial charge on any atom is 0.246 e. The van der Waals surface area contributed by atoms with Gasteiger partial charge in [-0.1, -0.05) is 23.7 Å². The first-order valence-corrected chi connectivity index (χ1v) is 8.43. The molecule has 0 atom stereocenters. The molecule has 0 aliphatic carbocycles. The average molecular weight is 361 g/mol. The van der Waals surface area contributed by atoms with E-state index in [-0.39, 0.29) is 12.5 Å². The molecule has 2 heterocycles. The molecule has 0 saturated carbocycles. The van der Waals surface area contributed by atoms with Crippen molar-refractivity contribution >= 4 is 29.2 Å². The van der Waals surface area contributed by atoms with Gasteiger partial charge in [0, 0.05) is 44.9 Å². The topological polar surface area (TPSA) is 65.8 Å². The van der Waals surface area contributed by atoms with Gasteiger partial charge in [-0.2, -0.15) is 5.10 Å². The number of piperazine rings is 1. The maximum absolute atomic E-state index is 12.5. The van der Waals surface area contributed by atoms with Crippen molar-refractivity contribution < 1.29 is 4.79 Å². The van der Waals surface area contributed by atoms with E-state index in [1.165, 1.54) is 0 Å². The van der Waals surface area contributed by atoms with Crippen LogP contribution in [0, 0.1) is 0 Å². The number of aryl methyl sites for hydroxylation is 1. The Kier molecular flexibility index (Phi) is 5.23. The molecule has 8 heteroatoms. The number of hydrogen-bond donors (Lipinski definition) is 1. The fourth-order valence-corrected chi connectivity index (χ4v) is 3.05. The number of aliphatic imine (C=N–C) groups is 1. The third kappa shape index (κ3) is 4.11. The Morgan fingerprint density at radius 1 is 1.40 bits per heavy atom. The summed E-state index contributed by atoms with van der Waals surface area (Å²) in [6.07, 6.45) is 3.56. The zero-order valence-electron chi connectivity index (χ0n) is 14.3. The molecule has 1 aliphatic heterocycles. The number of halogens is 1. The zero-order valence-corrected chi connectivity index (χ0v) is 15.1. The Balaban J connectivity index is 1.60. The Labute approximate surface area is 151 Å². The fraction of sp³-hybridized carbons (Fsp3) is 0.353. The highest BCUT2D eigenvalue weighted by atomic mass is 35.5. The van der Waals surface area contributed by atoms with Crippen LogP contribution in [0.5, 0.6) is 0 Å². The minimum atomic E-state index is 0.0324. The van der Waals surface area contributed by atoms with Gasteiger partial charge in [0.1, 0.15) is 6.54 Å². The van der Waals surface area contributed by atoms with Crippen molar-refractivity contribution in [3.63, 3.8) is 0 Å². The largest absolute Gasteiger partial charge is 0.352 e. The summed E-state index contributed by atoms with van der Waals surface area (Å²) in [5.74, 6) is 0.740. The second-order valence-corrected chi connectivity index (χ2v) is 6.31. The van der Waals surface area contributed by atoms with Crippen LogP contribution in [0.1, 0.15) is 5.56 Å². The molecule has 1 fully saturated rings. The molecule has 0 bridgehead atoms. The molecule has 0 unspecified atom stereocenters. The molecule has 1 aromatic carbocycles. The van der Waals surface area contributed by atoms with Gasteiger partial charge >= 0.3 is 0 Å². The number of nitrogens with zero attached hydrogens (tertiary/aromatic N) is 5. The lowest BCUT2D eigenvalue weighted by molar-refractivity contribution is -0.120. The predicted molar refractivity (Wildman–Crippen MR) is 98.8 cm³/mol. The van der Waals surface area contributed by atoms with Crippen LogP contribution in [0.15, 0.2) is 41.7 Å². The fourth-order valence-electron chi connectivity index (χ4n) is 2.83. The van der Waals surface area contributed by atoms with Crippen LogP contribution in [-0.2, 0) is 18.4 Å². The number of hydrogen-bond acceptors (Lipinski definition) is 3. The molecule has 132 valence electrons. The summed E-state index contributed by atoms with van der Waals surface area (Å²) < 4.78 is 1.69. The summed E-state index contributed by atoms with van der Waals surface area (Å²) >= 11 is 6.01. The molecule has 1 N–H and O–H groups in total. The van der Waals surface area contributed by atoms with Crippen molar-refractivity contribution in [1.82, 2.24) is 20.0 Å². The van der Waals surface area contributed by atoms with Crippen LogP contribution in [0.2, 0.25) is 5.02 Å². The lowest BCUT2D eigenvalue weighted by Crippen LogP contribution is -2.55. The zero-order chi connectivity index (χ0) is 17.8. The van der Waals surface area contributed by atoms with E-state index < -0.39 is 0 Å². The number of benzene rings is 1. The van der Waals surface area contributed by atoms with E-state index in [0.29, 0.717) is 30.6 Å². The highest BCUT2D eigenvalue weighted by Gasteiger charge is 2.27. The lowest BCUT2D eigenvalue weighted by atomic mass is 10.2. The standard InChI is InChI=1S/C17H21ClN6O/c1-19-17(20-9-13-4-3-5-14(18)8-13)23-6-7-24(16(25)12-23)15-10-21-22(2)11-15/h3-5,8,10-11H,6-7,9,12H2,1-2H3,(H,19,20). The second-order valence-electron chi connectivity index (χ2n) is 5.87. The van der Waals surface area contributed by atoms with Gasteiger partial charge in [0.2, 0.25) is 5.91 Å². The van der Waals surface area contributed by atoms with Crippen LogP contribution in [0.25, 0.3) is 0 Å². The van der Waals surface area contributed by atoms with E-state index >= 15 is 0 Å². The van der Waals surface area contributed by atoms with Gasteiger partial charge < -0.3 is 15.1 Å². The molecule has 1 aliphatic rings.